The molecule has 3 amide bonds. The lowest BCUT2D eigenvalue weighted by molar-refractivity contribution is -0.144. The Morgan fingerprint density at radius 1 is 0.962 bits per heavy atom. The molecule has 2 aromatic heterocycles. The zero-order valence-corrected chi connectivity index (χ0v) is 31.7. The largest absolute Gasteiger partial charge is 0.507 e. The Balaban J connectivity index is 1.04. The van der Waals surface area contributed by atoms with Crippen molar-refractivity contribution in [1.82, 2.24) is 35.6 Å². The van der Waals surface area contributed by atoms with Crippen LogP contribution < -0.4 is 15.5 Å². The fourth-order valence-electron chi connectivity index (χ4n) is 7.00. The molecule has 2 aliphatic heterocycles. The van der Waals surface area contributed by atoms with Crippen molar-refractivity contribution in [2.45, 2.75) is 65.6 Å². The topological polar surface area (TPSA) is 164 Å². The lowest BCUT2D eigenvalue weighted by Gasteiger charge is -2.37. The van der Waals surface area contributed by atoms with Crippen LogP contribution in [0.15, 0.2) is 60.1 Å². The van der Waals surface area contributed by atoms with Gasteiger partial charge in [0.1, 0.15) is 23.5 Å². The third kappa shape index (κ3) is 8.60. The van der Waals surface area contributed by atoms with E-state index in [9.17, 15) is 24.6 Å². The summed E-state index contributed by atoms with van der Waals surface area (Å²) in [5.74, 6) is -0.869. The number of para-hydroxylation sites is 1. The highest BCUT2D eigenvalue weighted by atomic mass is 32.1. The minimum Gasteiger partial charge on any atom is -0.507 e. The predicted molar refractivity (Wildman–Crippen MR) is 204 cm³/mol. The maximum absolute atomic E-state index is 14.1. The number of anilines is 1. The molecule has 0 aliphatic carbocycles. The standard InChI is InChI=1S/C39H48N8O5S/c1-24(26-12-14-27(15-13-26)34-25(2)40-23-53-34)41-36(50)30-10-8-16-47(30)38(52)35(39(3,4)5)42-33(49)22-45-17-19-46(20-18-45)31-21-29(43-44-37(31)51)28-9-6-7-11-32(28)48/h6-7,9,11-15,21,23-24,30,35,48H,8,10,16-20,22H2,1-5H3,(H,41,50)(H,42,49)(H,44,51)/t24-,30-,35+/m0/s1. The summed E-state index contributed by atoms with van der Waals surface area (Å²) in [6.45, 7) is 12.3. The van der Waals surface area contributed by atoms with Crippen molar-refractivity contribution in [2.24, 2.45) is 5.41 Å². The van der Waals surface area contributed by atoms with E-state index in [0.717, 1.165) is 21.7 Å². The Bertz CT molecular complexity index is 1940. The SMILES string of the molecule is Cc1ncsc1-c1ccc([C@H](C)NC(=O)[C@@H]2CCCN2C(=O)[C@@H](NC(=O)CN2CCN(c3cc(-c4ccccc4O)nnc3O)CC2)C(C)(C)C)cc1. The van der Waals surface area contributed by atoms with Gasteiger partial charge in [-0.1, -0.05) is 57.2 Å². The van der Waals surface area contributed by atoms with Gasteiger partial charge in [-0.15, -0.1) is 21.5 Å². The molecule has 13 nitrogen and oxygen atoms in total. The molecule has 53 heavy (non-hydrogen) atoms. The van der Waals surface area contributed by atoms with Gasteiger partial charge in [0.25, 0.3) is 5.88 Å². The van der Waals surface area contributed by atoms with Crippen LogP contribution in [0, 0.1) is 12.3 Å². The number of nitrogens with zero attached hydrogens (tertiary/aromatic N) is 6. The number of rotatable bonds is 10. The second-order valence-corrected chi connectivity index (χ2v) is 15.7. The van der Waals surface area contributed by atoms with Gasteiger partial charge in [0.2, 0.25) is 17.7 Å². The van der Waals surface area contributed by atoms with Crippen molar-refractivity contribution in [1.29, 1.82) is 0 Å². The van der Waals surface area contributed by atoms with Gasteiger partial charge in [-0.05, 0) is 61.4 Å². The minimum atomic E-state index is -0.822. The third-order valence-electron chi connectivity index (χ3n) is 10.0. The molecule has 0 spiro atoms. The number of amides is 3. The first-order valence-corrected chi connectivity index (χ1v) is 18.9. The van der Waals surface area contributed by atoms with Gasteiger partial charge in [0, 0.05) is 38.3 Å². The summed E-state index contributed by atoms with van der Waals surface area (Å²) in [5.41, 5.74) is 5.72. The first kappa shape index (κ1) is 37.7. The molecule has 280 valence electrons. The molecule has 0 saturated carbocycles. The molecular weight excluding hydrogens is 693 g/mol. The summed E-state index contributed by atoms with van der Waals surface area (Å²) >= 11 is 1.60. The number of hydrogen-bond acceptors (Lipinski definition) is 11. The highest BCUT2D eigenvalue weighted by Crippen LogP contribution is 2.34. The molecule has 2 aromatic carbocycles. The first-order valence-electron chi connectivity index (χ1n) is 18.0. The Morgan fingerprint density at radius 2 is 1.68 bits per heavy atom. The number of piperazine rings is 1. The summed E-state index contributed by atoms with van der Waals surface area (Å²) in [6.07, 6.45) is 1.26. The van der Waals surface area contributed by atoms with Gasteiger partial charge in [0.05, 0.1) is 34.4 Å². The van der Waals surface area contributed by atoms with Crippen LogP contribution in [-0.4, -0.2) is 104 Å². The molecule has 2 aliphatic rings. The molecule has 2 saturated heterocycles. The van der Waals surface area contributed by atoms with E-state index in [2.05, 4.69) is 25.8 Å². The Labute approximate surface area is 314 Å². The number of likely N-dealkylation sites (tertiary alicyclic amines) is 1. The molecule has 0 radical (unpaired) electrons. The van der Waals surface area contributed by atoms with Crippen LogP contribution in [0.4, 0.5) is 5.69 Å². The smallest absolute Gasteiger partial charge is 0.254 e. The number of aryl methyl sites for hydroxylation is 1. The molecule has 4 heterocycles. The highest BCUT2D eigenvalue weighted by Gasteiger charge is 2.42. The van der Waals surface area contributed by atoms with Crippen LogP contribution >= 0.6 is 11.3 Å². The second kappa shape index (κ2) is 15.9. The molecule has 0 bridgehead atoms. The summed E-state index contributed by atoms with van der Waals surface area (Å²) in [7, 11) is 0. The van der Waals surface area contributed by atoms with E-state index >= 15 is 0 Å². The first-order chi connectivity index (χ1) is 25.3. The summed E-state index contributed by atoms with van der Waals surface area (Å²) < 4.78 is 0. The monoisotopic (exact) mass is 740 g/mol. The van der Waals surface area contributed by atoms with E-state index in [-0.39, 0.29) is 41.9 Å². The van der Waals surface area contributed by atoms with E-state index in [4.69, 9.17) is 0 Å². The van der Waals surface area contributed by atoms with Gasteiger partial charge in [-0.25, -0.2) is 4.98 Å². The predicted octanol–water partition coefficient (Wildman–Crippen LogP) is 4.51. The quantitative estimate of drug-likeness (QED) is 0.182. The van der Waals surface area contributed by atoms with E-state index in [1.165, 1.54) is 0 Å². The molecule has 2 fully saturated rings. The number of benzene rings is 2. The molecule has 14 heteroatoms. The fourth-order valence-corrected chi connectivity index (χ4v) is 7.81. The molecule has 4 aromatic rings. The van der Waals surface area contributed by atoms with Crippen LogP contribution in [-0.2, 0) is 14.4 Å². The van der Waals surface area contributed by atoms with Crippen LogP contribution in [0.5, 0.6) is 11.6 Å². The number of hydrogen-bond donors (Lipinski definition) is 4. The van der Waals surface area contributed by atoms with E-state index < -0.39 is 17.5 Å². The van der Waals surface area contributed by atoms with E-state index in [0.29, 0.717) is 62.5 Å². The zero-order valence-electron chi connectivity index (χ0n) is 30.9. The normalized spacial score (nSPS) is 17.7. The Hall–Kier alpha value is -5.08. The van der Waals surface area contributed by atoms with Crippen molar-refractivity contribution in [2.75, 3.05) is 44.2 Å². The lowest BCUT2D eigenvalue weighted by Crippen LogP contribution is -2.59. The number of aromatic nitrogens is 3. The Kier molecular flexibility index (Phi) is 11.3. The van der Waals surface area contributed by atoms with Crippen LogP contribution in [0.2, 0.25) is 0 Å². The van der Waals surface area contributed by atoms with Gasteiger partial charge in [0.15, 0.2) is 0 Å². The van der Waals surface area contributed by atoms with Crippen LogP contribution in [0.25, 0.3) is 21.7 Å². The van der Waals surface area contributed by atoms with Crippen molar-refractivity contribution in [3.8, 4) is 33.3 Å². The van der Waals surface area contributed by atoms with Crippen molar-refractivity contribution >= 4 is 34.7 Å². The van der Waals surface area contributed by atoms with Crippen LogP contribution in [0.3, 0.4) is 0 Å². The second-order valence-electron chi connectivity index (χ2n) is 14.9. The molecule has 4 N–H and O–H groups in total. The number of phenols is 1. The molecule has 0 unspecified atom stereocenters. The maximum Gasteiger partial charge on any atom is 0.254 e. The average molecular weight is 741 g/mol. The minimum absolute atomic E-state index is 0.0692. The third-order valence-corrected chi connectivity index (χ3v) is 11.0. The zero-order chi connectivity index (χ0) is 37.9. The number of aromatic hydroxyl groups is 2. The lowest BCUT2D eigenvalue weighted by atomic mass is 9.85. The van der Waals surface area contributed by atoms with Crippen molar-refractivity contribution < 1.29 is 24.6 Å². The summed E-state index contributed by atoms with van der Waals surface area (Å²) in [4.78, 5) is 52.2. The van der Waals surface area contributed by atoms with Gasteiger partial charge in [-0.2, -0.15) is 0 Å². The molecule has 6 rings (SSSR count). The number of carbonyl (C=O) groups excluding carboxylic acids is 3. The number of nitrogens with one attached hydrogen (secondary N) is 2. The van der Waals surface area contributed by atoms with Gasteiger partial charge < -0.3 is 30.6 Å². The van der Waals surface area contributed by atoms with E-state index in [1.54, 1.807) is 46.6 Å². The van der Waals surface area contributed by atoms with Gasteiger partial charge in [-0.3, -0.25) is 19.3 Å². The average Bonchev–Trinajstić information content (AvgIpc) is 3.80. The molecule has 3 atom stereocenters. The number of phenolic OH excluding ortho intramolecular Hbond substituents is 1. The number of carbonyl (C=O) groups is 3. The summed E-state index contributed by atoms with van der Waals surface area (Å²) in [6, 6.07) is 14.9. The maximum atomic E-state index is 14.1. The number of thiazole rings is 1. The van der Waals surface area contributed by atoms with Crippen LogP contribution in [0.1, 0.15) is 57.8 Å². The summed E-state index contributed by atoms with van der Waals surface area (Å²) in [5, 5.41) is 34.9. The molecular formula is C39H48N8O5S. The van der Waals surface area contributed by atoms with Crippen molar-refractivity contribution in [3.63, 3.8) is 0 Å². The Morgan fingerprint density at radius 3 is 2.34 bits per heavy atom. The van der Waals surface area contributed by atoms with Crippen molar-refractivity contribution in [3.05, 3.63) is 71.4 Å². The highest BCUT2D eigenvalue weighted by molar-refractivity contribution is 7.13. The van der Waals surface area contributed by atoms with Gasteiger partial charge >= 0.3 is 0 Å². The van der Waals surface area contributed by atoms with E-state index in [1.807, 2.05) is 74.2 Å². The fraction of sp³-hybridized carbons (Fsp3) is 0.436.